The third kappa shape index (κ3) is 4.64. The Labute approximate surface area is 193 Å². The number of nitrogens with one attached hydrogen (secondary N) is 1. The number of amides is 1. The van der Waals surface area contributed by atoms with Gasteiger partial charge in [0.1, 0.15) is 6.54 Å². The quantitative estimate of drug-likeness (QED) is 0.422. The van der Waals surface area contributed by atoms with Crippen LogP contribution in [0.1, 0.15) is 16.1 Å². The number of methoxy groups -OCH3 is 1. The second-order valence-electron chi connectivity index (χ2n) is 7.56. The number of nitrogens with zero attached hydrogens (tertiary/aromatic N) is 5. The highest BCUT2D eigenvalue weighted by Gasteiger charge is 2.20. The molecule has 0 unspecified atom stereocenters. The van der Waals surface area contributed by atoms with Gasteiger partial charge in [0.25, 0.3) is 5.56 Å². The molecule has 4 rings (SSSR count). The number of hydrogen-bond donors (Lipinski definition) is 1. The molecule has 3 heterocycles. The molecule has 0 atom stereocenters. The maximum Gasteiger partial charge on any atom is 0.333 e. The van der Waals surface area contributed by atoms with Crippen molar-refractivity contribution in [2.75, 3.05) is 19.0 Å². The van der Waals surface area contributed by atoms with Crippen molar-refractivity contribution in [3.8, 4) is 0 Å². The van der Waals surface area contributed by atoms with Crippen molar-refractivity contribution in [1.29, 1.82) is 0 Å². The highest BCUT2D eigenvalue weighted by molar-refractivity contribution is 7.15. The largest absolute Gasteiger partial charge is 0.383 e. The molecule has 1 N–H and O–H groups in total. The summed E-state index contributed by atoms with van der Waals surface area (Å²) in [5.74, 6) is -0.503. The topological polar surface area (TPSA) is 113 Å². The third-order valence-corrected chi connectivity index (χ3v) is 6.27. The monoisotopic (exact) mass is 468 g/mol. The lowest BCUT2D eigenvalue weighted by Gasteiger charge is -2.12. The number of aromatic nitrogens is 5. The molecule has 0 saturated heterocycles. The second-order valence-corrected chi connectivity index (χ2v) is 8.76. The Bertz CT molecular complexity index is 1400. The van der Waals surface area contributed by atoms with Crippen molar-refractivity contribution in [3.63, 3.8) is 0 Å². The first-order chi connectivity index (χ1) is 15.9. The predicted octanol–water partition coefficient (Wildman–Crippen LogP) is 1.77. The average Bonchev–Trinajstić information content (AvgIpc) is 3.36. The number of carbonyl (C=O) groups is 1. The van der Waals surface area contributed by atoms with Gasteiger partial charge in [0, 0.05) is 18.5 Å². The minimum absolute atomic E-state index is 0.213. The second kappa shape index (κ2) is 9.51. The van der Waals surface area contributed by atoms with Gasteiger partial charge in [-0.25, -0.2) is 19.3 Å². The van der Waals surface area contributed by atoms with Crippen LogP contribution in [-0.2, 0) is 29.2 Å². The maximum atomic E-state index is 13.3. The van der Waals surface area contributed by atoms with E-state index in [4.69, 9.17) is 4.74 Å². The van der Waals surface area contributed by atoms with Crippen LogP contribution in [0.4, 0.5) is 5.13 Å². The molecule has 4 aromatic rings. The third-order valence-electron chi connectivity index (χ3n) is 5.28. The SMILES string of the molecule is COCCn1cnc2c1c(=O)n(CC(=O)Nc1nc(C)c(C)s1)c(=O)n2Cc1ccccc1. The van der Waals surface area contributed by atoms with Gasteiger partial charge in [-0.2, -0.15) is 0 Å². The molecule has 0 saturated carbocycles. The zero-order chi connectivity index (χ0) is 23.5. The fourth-order valence-corrected chi connectivity index (χ4v) is 4.31. The molecule has 1 aromatic carbocycles. The van der Waals surface area contributed by atoms with Gasteiger partial charge in [0.2, 0.25) is 5.91 Å². The molecular weight excluding hydrogens is 444 g/mol. The fourth-order valence-electron chi connectivity index (χ4n) is 3.47. The number of benzene rings is 1. The first kappa shape index (κ1) is 22.6. The molecule has 33 heavy (non-hydrogen) atoms. The standard InChI is InChI=1S/C22H24N6O4S/c1-14-15(2)33-21(24-14)25-17(29)12-28-20(30)18-19(23-13-26(18)9-10-32-3)27(22(28)31)11-16-7-5-4-6-8-16/h4-8,13H,9-12H2,1-3H3,(H,24,25,29). The van der Waals surface area contributed by atoms with Gasteiger partial charge in [-0.3, -0.25) is 14.2 Å². The lowest BCUT2D eigenvalue weighted by atomic mass is 10.2. The van der Waals surface area contributed by atoms with Crippen LogP contribution < -0.4 is 16.6 Å². The maximum absolute atomic E-state index is 13.3. The van der Waals surface area contributed by atoms with Gasteiger partial charge in [-0.15, -0.1) is 11.3 Å². The van der Waals surface area contributed by atoms with Gasteiger partial charge >= 0.3 is 5.69 Å². The van der Waals surface area contributed by atoms with Crippen LogP contribution in [0.25, 0.3) is 11.2 Å². The van der Waals surface area contributed by atoms with Crippen molar-refractivity contribution in [1.82, 2.24) is 23.7 Å². The van der Waals surface area contributed by atoms with E-state index in [1.54, 1.807) is 11.7 Å². The molecule has 3 aromatic heterocycles. The average molecular weight is 469 g/mol. The van der Waals surface area contributed by atoms with Crippen molar-refractivity contribution < 1.29 is 9.53 Å². The van der Waals surface area contributed by atoms with Gasteiger partial charge in [0.05, 0.1) is 25.2 Å². The van der Waals surface area contributed by atoms with Crippen LogP contribution in [-0.4, -0.2) is 43.3 Å². The smallest absolute Gasteiger partial charge is 0.333 e. The van der Waals surface area contributed by atoms with E-state index in [-0.39, 0.29) is 17.7 Å². The highest BCUT2D eigenvalue weighted by atomic mass is 32.1. The molecule has 1 amide bonds. The number of imidazole rings is 1. The normalized spacial score (nSPS) is 11.2. The van der Waals surface area contributed by atoms with E-state index in [0.29, 0.717) is 18.3 Å². The lowest BCUT2D eigenvalue weighted by molar-refractivity contribution is -0.116. The fraction of sp³-hybridized carbons (Fsp3) is 0.318. The number of ether oxygens (including phenoxy) is 1. The molecule has 11 heteroatoms. The molecule has 0 spiro atoms. The summed E-state index contributed by atoms with van der Waals surface area (Å²) < 4.78 is 9.13. The Balaban J connectivity index is 1.77. The van der Waals surface area contributed by atoms with E-state index in [0.717, 1.165) is 20.7 Å². The molecule has 0 aliphatic heterocycles. The number of aryl methyl sites for hydroxylation is 2. The van der Waals surface area contributed by atoms with E-state index in [9.17, 15) is 14.4 Å². The first-order valence-electron chi connectivity index (χ1n) is 10.3. The number of fused-ring (bicyclic) bond motifs is 1. The van der Waals surface area contributed by atoms with Gasteiger partial charge in [0.15, 0.2) is 16.3 Å². The van der Waals surface area contributed by atoms with Crippen molar-refractivity contribution >= 4 is 33.5 Å². The van der Waals surface area contributed by atoms with Crippen LogP contribution in [0.2, 0.25) is 0 Å². The minimum Gasteiger partial charge on any atom is -0.383 e. The van der Waals surface area contributed by atoms with Gasteiger partial charge in [-0.1, -0.05) is 30.3 Å². The van der Waals surface area contributed by atoms with Crippen molar-refractivity contribution in [2.24, 2.45) is 0 Å². The Kier molecular flexibility index (Phi) is 6.52. The van der Waals surface area contributed by atoms with Gasteiger partial charge in [-0.05, 0) is 19.4 Å². The number of thiazole rings is 1. The molecule has 0 bridgehead atoms. The van der Waals surface area contributed by atoms with E-state index in [1.807, 2.05) is 44.2 Å². The minimum atomic E-state index is -0.602. The summed E-state index contributed by atoms with van der Waals surface area (Å²) in [4.78, 5) is 49.0. The summed E-state index contributed by atoms with van der Waals surface area (Å²) in [7, 11) is 1.56. The number of rotatable bonds is 8. The van der Waals surface area contributed by atoms with Crippen LogP contribution in [0.15, 0.2) is 46.2 Å². The van der Waals surface area contributed by atoms with Crippen LogP contribution in [0, 0.1) is 13.8 Å². The molecule has 172 valence electrons. The molecule has 0 aliphatic carbocycles. The van der Waals surface area contributed by atoms with Crippen molar-refractivity contribution in [3.05, 3.63) is 73.6 Å². The summed E-state index contributed by atoms with van der Waals surface area (Å²) in [6.07, 6.45) is 1.51. The Morgan fingerprint density at radius 1 is 1.15 bits per heavy atom. The Morgan fingerprint density at radius 3 is 2.58 bits per heavy atom. The van der Waals surface area contributed by atoms with E-state index >= 15 is 0 Å². The molecular formula is C22H24N6O4S. The van der Waals surface area contributed by atoms with Crippen LogP contribution >= 0.6 is 11.3 Å². The lowest BCUT2D eigenvalue weighted by Crippen LogP contribution is -2.43. The van der Waals surface area contributed by atoms with E-state index in [1.165, 1.54) is 22.2 Å². The highest BCUT2D eigenvalue weighted by Crippen LogP contribution is 2.21. The number of carbonyl (C=O) groups excluding carboxylic acids is 1. The molecule has 0 radical (unpaired) electrons. The van der Waals surface area contributed by atoms with Gasteiger partial charge < -0.3 is 14.6 Å². The molecule has 0 fully saturated rings. The summed E-state index contributed by atoms with van der Waals surface area (Å²) in [6.45, 7) is 4.29. The predicted molar refractivity (Wildman–Crippen MR) is 126 cm³/mol. The summed E-state index contributed by atoms with van der Waals surface area (Å²) in [5, 5.41) is 3.11. The summed E-state index contributed by atoms with van der Waals surface area (Å²) in [6, 6.07) is 9.39. The molecule has 10 nitrogen and oxygen atoms in total. The van der Waals surface area contributed by atoms with Crippen LogP contribution in [0.3, 0.4) is 0 Å². The number of anilines is 1. The van der Waals surface area contributed by atoms with Crippen molar-refractivity contribution in [2.45, 2.75) is 33.5 Å². The summed E-state index contributed by atoms with van der Waals surface area (Å²) >= 11 is 1.34. The zero-order valence-electron chi connectivity index (χ0n) is 18.6. The van der Waals surface area contributed by atoms with E-state index in [2.05, 4.69) is 15.3 Å². The Morgan fingerprint density at radius 2 is 1.91 bits per heavy atom. The zero-order valence-corrected chi connectivity index (χ0v) is 19.4. The van der Waals surface area contributed by atoms with Crippen LogP contribution in [0.5, 0.6) is 0 Å². The Hall–Kier alpha value is -3.57. The summed E-state index contributed by atoms with van der Waals surface area (Å²) in [5.41, 5.74) is 1.03. The molecule has 0 aliphatic rings. The van der Waals surface area contributed by atoms with E-state index < -0.39 is 23.7 Å². The number of hydrogen-bond acceptors (Lipinski definition) is 7. The first-order valence-corrected chi connectivity index (χ1v) is 11.2.